The van der Waals surface area contributed by atoms with Crippen LogP contribution in [0.3, 0.4) is 0 Å². The molecular weight excluding hydrogens is 116 g/mol. The summed E-state index contributed by atoms with van der Waals surface area (Å²) in [7, 11) is 0. The van der Waals surface area contributed by atoms with Crippen molar-refractivity contribution in [2.45, 2.75) is 20.0 Å². The Labute approximate surface area is 55.5 Å². The molecular formula is C7H11O2. The summed E-state index contributed by atoms with van der Waals surface area (Å²) in [5, 5.41) is 0. The molecule has 0 aromatic carbocycles. The Morgan fingerprint density at radius 3 is 2.67 bits per heavy atom. The van der Waals surface area contributed by atoms with Crippen LogP contribution in [0.25, 0.3) is 0 Å². The molecule has 0 aliphatic rings. The van der Waals surface area contributed by atoms with E-state index in [-0.39, 0.29) is 12.1 Å². The first-order chi connectivity index (χ1) is 4.16. The van der Waals surface area contributed by atoms with E-state index in [0.29, 0.717) is 0 Å². The van der Waals surface area contributed by atoms with Gasteiger partial charge in [0.15, 0.2) is 0 Å². The van der Waals surface area contributed by atoms with Crippen LogP contribution in [0.5, 0.6) is 0 Å². The highest BCUT2D eigenvalue weighted by atomic mass is 16.5. The third-order valence-electron chi connectivity index (χ3n) is 0.620. The average molecular weight is 127 g/mol. The van der Waals surface area contributed by atoms with Crippen LogP contribution in [0, 0.1) is 6.92 Å². The first-order valence-corrected chi connectivity index (χ1v) is 2.83. The lowest BCUT2D eigenvalue weighted by atomic mass is 10.4. The number of esters is 1. The zero-order valence-electron chi connectivity index (χ0n) is 5.76. The maximum atomic E-state index is 10.5. The van der Waals surface area contributed by atoms with Crippen LogP contribution >= 0.6 is 0 Å². The smallest absolute Gasteiger partial charge is 0.330 e. The van der Waals surface area contributed by atoms with Crippen molar-refractivity contribution in [3.05, 3.63) is 19.1 Å². The van der Waals surface area contributed by atoms with Crippen molar-refractivity contribution in [3.63, 3.8) is 0 Å². The van der Waals surface area contributed by atoms with Crippen LogP contribution in [0.1, 0.15) is 13.8 Å². The van der Waals surface area contributed by atoms with Gasteiger partial charge in [0.05, 0.1) is 6.10 Å². The van der Waals surface area contributed by atoms with Crippen molar-refractivity contribution in [2.75, 3.05) is 0 Å². The van der Waals surface area contributed by atoms with Crippen molar-refractivity contribution < 1.29 is 9.53 Å². The van der Waals surface area contributed by atoms with Gasteiger partial charge in [-0.1, -0.05) is 6.08 Å². The van der Waals surface area contributed by atoms with E-state index in [1.807, 2.05) is 0 Å². The van der Waals surface area contributed by atoms with E-state index in [2.05, 4.69) is 11.7 Å². The van der Waals surface area contributed by atoms with Crippen LogP contribution in [-0.4, -0.2) is 12.1 Å². The molecule has 1 atom stereocenters. The minimum Gasteiger partial charge on any atom is -0.460 e. The lowest BCUT2D eigenvalue weighted by molar-refractivity contribution is -0.140. The molecule has 0 aromatic rings. The van der Waals surface area contributed by atoms with Gasteiger partial charge in [-0.15, -0.1) is 0 Å². The minimum absolute atomic E-state index is 0.270. The summed E-state index contributed by atoms with van der Waals surface area (Å²) in [6.07, 6.45) is 2.72. The molecule has 1 radical (unpaired) electrons. The van der Waals surface area contributed by atoms with Crippen LogP contribution in [0.2, 0.25) is 0 Å². The van der Waals surface area contributed by atoms with Crippen LogP contribution in [-0.2, 0) is 9.53 Å². The minimum atomic E-state index is -0.333. The Morgan fingerprint density at radius 1 is 1.78 bits per heavy atom. The van der Waals surface area contributed by atoms with Crippen molar-refractivity contribution in [1.29, 1.82) is 0 Å². The predicted octanol–water partition coefficient (Wildman–Crippen LogP) is 1.33. The fourth-order valence-electron chi connectivity index (χ4n) is 0.374. The van der Waals surface area contributed by atoms with Gasteiger partial charge >= 0.3 is 5.97 Å². The molecule has 2 heteroatoms. The van der Waals surface area contributed by atoms with E-state index >= 15 is 0 Å². The highest BCUT2D eigenvalue weighted by Gasteiger charge is 1.97. The van der Waals surface area contributed by atoms with E-state index in [1.54, 1.807) is 19.9 Å². The van der Waals surface area contributed by atoms with Crippen LogP contribution < -0.4 is 0 Å². The summed E-state index contributed by atoms with van der Waals surface area (Å²) in [5.74, 6) is -0.333. The van der Waals surface area contributed by atoms with Crippen molar-refractivity contribution in [3.8, 4) is 0 Å². The first kappa shape index (κ1) is 8.21. The summed E-state index contributed by atoms with van der Waals surface area (Å²) in [5.41, 5.74) is 0. The zero-order valence-corrected chi connectivity index (χ0v) is 5.76. The summed E-state index contributed by atoms with van der Waals surface area (Å²) in [6.45, 7) is 6.95. The van der Waals surface area contributed by atoms with Crippen molar-refractivity contribution >= 4 is 5.97 Å². The van der Waals surface area contributed by atoms with Gasteiger partial charge in [0.25, 0.3) is 0 Å². The molecule has 0 bridgehead atoms. The molecule has 1 unspecified atom stereocenters. The molecule has 0 aliphatic carbocycles. The Morgan fingerprint density at radius 2 is 2.33 bits per heavy atom. The van der Waals surface area contributed by atoms with E-state index in [9.17, 15) is 4.79 Å². The summed E-state index contributed by atoms with van der Waals surface area (Å²) >= 11 is 0. The monoisotopic (exact) mass is 127 g/mol. The molecule has 9 heavy (non-hydrogen) atoms. The summed E-state index contributed by atoms with van der Waals surface area (Å²) in [4.78, 5) is 10.5. The standard InChI is InChI=1S/C7H11O2/c1-4-5-7(8)9-6(2)3/h4-6H,2H2,1,3H3. The number of ether oxygens (including phenoxy) is 1. The van der Waals surface area contributed by atoms with Crippen LogP contribution in [0.15, 0.2) is 12.2 Å². The van der Waals surface area contributed by atoms with Gasteiger partial charge in [-0.05, 0) is 20.8 Å². The van der Waals surface area contributed by atoms with Crippen molar-refractivity contribution in [2.24, 2.45) is 0 Å². The quantitative estimate of drug-likeness (QED) is 0.413. The number of carbonyl (C=O) groups excluding carboxylic acids is 1. The van der Waals surface area contributed by atoms with Gasteiger partial charge in [0.2, 0.25) is 0 Å². The maximum Gasteiger partial charge on any atom is 0.330 e. The van der Waals surface area contributed by atoms with E-state index in [4.69, 9.17) is 0 Å². The van der Waals surface area contributed by atoms with Gasteiger partial charge in [0, 0.05) is 6.08 Å². The summed E-state index contributed by atoms with van der Waals surface area (Å²) in [6, 6.07) is 0. The molecule has 0 N–H and O–H groups in total. The zero-order chi connectivity index (χ0) is 7.28. The lowest BCUT2D eigenvalue weighted by Gasteiger charge is -2.02. The molecule has 0 amide bonds. The molecule has 0 saturated heterocycles. The summed E-state index contributed by atoms with van der Waals surface area (Å²) < 4.78 is 4.65. The molecule has 0 aliphatic heterocycles. The Bertz CT molecular complexity index is 114. The van der Waals surface area contributed by atoms with Crippen LogP contribution in [0.4, 0.5) is 0 Å². The Kier molecular flexibility index (Phi) is 3.76. The number of rotatable bonds is 2. The maximum absolute atomic E-state index is 10.5. The first-order valence-electron chi connectivity index (χ1n) is 2.83. The number of carbonyl (C=O) groups is 1. The Balaban J connectivity index is 3.51. The molecule has 0 spiro atoms. The topological polar surface area (TPSA) is 26.3 Å². The fourth-order valence-corrected chi connectivity index (χ4v) is 0.374. The normalized spacial score (nSPS) is 10.7. The molecule has 51 valence electrons. The predicted molar refractivity (Wildman–Crippen MR) is 35.7 cm³/mol. The second-order valence-corrected chi connectivity index (χ2v) is 1.75. The number of allylic oxidation sites excluding steroid dienone is 1. The molecule has 2 nitrogen and oxygen atoms in total. The molecule has 0 rings (SSSR count). The highest BCUT2D eigenvalue weighted by Crippen LogP contribution is 1.88. The van der Waals surface area contributed by atoms with E-state index < -0.39 is 0 Å². The number of hydrogen-bond acceptors (Lipinski definition) is 2. The largest absolute Gasteiger partial charge is 0.460 e. The van der Waals surface area contributed by atoms with Gasteiger partial charge in [0.1, 0.15) is 0 Å². The molecule has 0 saturated carbocycles. The van der Waals surface area contributed by atoms with Crippen molar-refractivity contribution in [1.82, 2.24) is 0 Å². The number of hydrogen-bond donors (Lipinski definition) is 0. The lowest BCUT2D eigenvalue weighted by Crippen LogP contribution is -2.08. The SMILES string of the molecule is [CH2]C(C)OC(=O)C=CC. The third kappa shape index (κ3) is 5.07. The molecule has 0 aromatic heterocycles. The van der Waals surface area contributed by atoms with Gasteiger partial charge in [-0.2, -0.15) is 0 Å². The molecule has 0 fully saturated rings. The highest BCUT2D eigenvalue weighted by molar-refractivity contribution is 5.81. The average Bonchev–Trinajstić information content (AvgIpc) is 1.63. The van der Waals surface area contributed by atoms with E-state index in [1.165, 1.54) is 6.08 Å². The molecule has 0 heterocycles. The third-order valence-corrected chi connectivity index (χ3v) is 0.620. The van der Waals surface area contributed by atoms with Gasteiger partial charge < -0.3 is 4.74 Å². The Hall–Kier alpha value is -0.790. The van der Waals surface area contributed by atoms with E-state index in [0.717, 1.165) is 0 Å². The van der Waals surface area contributed by atoms with Gasteiger partial charge in [-0.3, -0.25) is 0 Å². The fraction of sp³-hybridized carbons (Fsp3) is 0.429. The second-order valence-electron chi connectivity index (χ2n) is 1.75. The van der Waals surface area contributed by atoms with Gasteiger partial charge in [-0.25, -0.2) is 4.79 Å². The second kappa shape index (κ2) is 4.13.